The lowest BCUT2D eigenvalue weighted by Gasteiger charge is -2.28. The lowest BCUT2D eigenvalue weighted by Crippen LogP contribution is -2.42. The van der Waals surface area contributed by atoms with Crippen LogP contribution >= 0.6 is 0 Å². The van der Waals surface area contributed by atoms with Crippen molar-refractivity contribution in [3.63, 3.8) is 0 Å². The molecule has 0 bridgehead atoms. The number of anilines is 1. The second-order valence-corrected chi connectivity index (χ2v) is 9.21. The number of fused-ring (bicyclic) bond motifs is 1. The molecule has 2 N–H and O–H groups in total. The van der Waals surface area contributed by atoms with Crippen LogP contribution in [0.2, 0.25) is 0 Å². The number of aryl methyl sites for hydroxylation is 1. The number of phenols is 1. The van der Waals surface area contributed by atoms with Crippen LogP contribution in [0.1, 0.15) is 43.2 Å². The van der Waals surface area contributed by atoms with Gasteiger partial charge in [0.15, 0.2) is 0 Å². The predicted molar refractivity (Wildman–Crippen MR) is 123 cm³/mol. The normalized spacial score (nSPS) is 13.6. The van der Waals surface area contributed by atoms with Crippen LogP contribution in [0.3, 0.4) is 0 Å². The summed E-state index contributed by atoms with van der Waals surface area (Å²) < 4.78 is 1.68. The average Bonchev–Trinajstić information content (AvgIpc) is 3.17. The Bertz CT molecular complexity index is 1190. The third-order valence-corrected chi connectivity index (χ3v) is 5.79. The van der Waals surface area contributed by atoms with Gasteiger partial charge < -0.3 is 15.3 Å². The summed E-state index contributed by atoms with van der Waals surface area (Å²) in [6, 6.07) is 14.9. The Morgan fingerprint density at radius 1 is 1.09 bits per heavy atom. The molecule has 0 spiro atoms. The van der Waals surface area contributed by atoms with Gasteiger partial charge in [0.05, 0.1) is 17.9 Å². The van der Waals surface area contributed by atoms with Crippen molar-refractivity contribution in [3.8, 4) is 11.4 Å². The van der Waals surface area contributed by atoms with Crippen molar-refractivity contribution in [1.82, 2.24) is 14.7 Å². The molecule has 0 saturated heterocycles. The summed E-state index contributed by atoms with van der Waals surface area (Å²) in [7, 11) is 0. The minimum Gasteiger partial charge on any atom is -0.508 e. The highest BCUT2D eigenvalue weighted by Crippen LogP contribution is 2.29. The molecule has 2 aromatic carbocycles. The molecule has 0 saturated carbocycles. The molecule has 0 radical (unpaired) electrons. The molecule has 0 atom stereocenters. The highest BCUT2D eigenvalue weighted by molar-refractivity contribution is 6.39. The average molecular weight is 433 g/mol. The molecule has 0 unspecified atom stereocenters. The minimum atomic E-state index is -0.723. The van der Waals surface area contributed by atoms with Gasteiger partial charge in [-0.25, -0.2) is 4.68 Å². The van der Waals surface area contributed by atoms with Crippen LogP contribution in [0.15, 0.2) is 48.5 Å². The zero-order chi connectivity index (χ0) is 23.0. The van der Waals surface area contributed by atoms with Crippen molar-refractivity contribution in [2.45, 2.75) is 46.1 Å². The maximum absolute atomic E-state index is 12.9. The van der Waals surface area contributed by atoms with Crippen molar-refractivity contribution in [2.75, 3.05) is 11.9 Å². The topological polar surface area (TPSA) is 87.5 Å². The number of benzene rings is 2. The van der Waals surface area contributed by atoms with Crippen LogP contribution in [-0.2, 0) is 28.0 Å². The third-order valence-electron chi connectivity index (χ3n) is 5.79. The second kappa shape index (κ2) is 8.15. The largest absolute Gasteiger partial charge is 0.508 e. The Balaban J connectivity index is 1.60. The highest BCUT2D eigenvalue weighted by Gasteiger charge is 2.29. The van der Waals surface area contributed by atoms with Gasteiger partial charge in [-0.2, -0.15) is 5.10 Å². The Labute approximate surface area is 187 Å². The van der Waals surface area contributed by atoms with Gasteiger partial charge in [-0.1, -0.05) is 51.1 Å². The number of aromatic nitrogens is 2. The van der Waals surface area contributed by atoms with E-state index in [-0.39, 0.29) is 17.7 Å². The van der Waals surface area contributed by atoms with E-state index in [9.17, 15) is 14.7 Å². The van der Waals surface area contributed by atoms with E-state index in [1.54, 1.807) is 16.8 Å². The molecule has 4 rings (SSSR count). The molecule has 32 heavy (non-hydrogen) atoms. The Morgan fingerprint density at radius 3 is 2.56 bits per heavy atom. The number of carbonyl (C=O) groups excluding carboxylic acids is 2. The quantitative estimate of drug-likeness (QED) is 0.605. The fourth-order valence-corrected chi connectivity index (χ4v) is 3.87. The number of amides is 2. The molecule has 1 aromatic heterocycles. The van der Waals surface area contributed by atoms with Gasteiger partial charge in [0.1, 0.15) is 11.6 Å². The van der Waals surface area contributed by atoms with E-state index in [4.69, 9.17) is 5.10 Å². The Hall–Kier alpha value is -3.61. The number of hydrogen-bond donors (Lipinski definition) is 2. The maximum atomic E-state index is 12.9. The summed E-state index contributed by atoms with van der Waals surface area (Å²) in [6.45, 7) is 8.75. The van der Waals surface area contributed by atoms with Crippen LogP contribution in [0.5, 0.6) is 5.75 Å². The van der Waals surface area contributed by atoms with E-state index in [1.807, 2.05) is 64.1 Å². The van der Waals surface area contributed by atoms with Gasteiger partial charge in [0, 0.05) is 23.6 Å². The van der Waals surface area contributed by atoms with Gasteiger partial charge in [-0.3, -0.25) is 9.59 Å². The standard InChI is InChI=1S/C25H28N4O3/c1-16-8-5-6-10-19(16)29-22(14-21(27-29)25(2,3)4)26-23(31)24(32)28-13-12-17-9-7-11-20(30)18(17)15-28/h5-11,14,30H,12-13,15H2,1-4H3,(H,26,31). The molecule has 0 aliphatic carbocycles. The van der Waals surface area contributed by atoms with Crippen LogP contribution < -0.4 is 5.32 Å². The van der Waals surface area contributed by atoms with Crippen LogP contribution in [0.4, 0.5) is 5.82 Å². The van der Waals surface area contributed by atoms with Crippen molar-refractivity contribution < 1.29 is 14.7 Å². The van der Waals surface area contributed by atoms with E-state index in [2.05, 4.69) is 5.32 Å². The molecule has 0 fully saturated rings. The molecule has 7 nitrogen and oxygen atoms in total. The van der Waals surface area contributed by atoms with Crippen LogP contribution in [0, 0.1) is 6.92 Å². The zero-order valence-corrected chi connectivity index (χ0v) is 18.8. The number of hydrogen-bond acceptors (Lipinski definition) is 4. The predicted octanol–water partition coefficient (Wildman–Crippen LogP) is 3.71. The summed E-state index contributed by atoms with van der Waals surface area (Å²) in [5.74, 6) is -0.761. The van der Waals surface area contributed by atoms with E-state index in [0.29, 0.717) is 24.3 Å². The number of para-hydroxylation sites is 1. The number of phenolic OH excluding ortho intramolecular Hbond substituents is 1. The molecule has 1 aliphatic heterocycles. The first-order chi connectivity index (χ1) is 15.1. The molecular weight excluding hydrogens is 404 g/mol. The SMILES string of the molecule is Cc1ccccc1-n1nc(C(C)(C)C)cc1NC(=O)C(=O)N1CCc2cccc(O)c2C1. The van der Waals surface area contributed by atoms with E-state index in [1.165, 1.54) is 4.90 Å². The molecule has 3 aromatic rings. The molecular formula is C25H28N4O3. The zero-order valence-electron chi connectivity index (χ0n) is 18.8. The number of aromatic hydroxyl groups is 1. The van der Waals surface area contributed by atoms with Crippen LogP contribution in [0.25, 0.3) is 5.69 Å². The second-order valence-electron chi connectivity index (χ2n) is 9.21. The van der Waals surface area contributed by atoms with Gasteiger partial charge in [0.2, 0.25) is 0 Å². The summed E-state index contributed by atoms with van der Waals surface area (Å²) >= 11 is 0. The first kappa shape index (κ1) is 21.6. The number of nitrogens with zero attached hydrogens (tertiary/aromatic N) is 3. The fraction of sp³-hybridized carbons (Fsp3) is 0.320. The van der Waals surface area contributed by atoms with Crippen LogP contribution in [-0.4, -0.2) is 38.1 Å². The first-order valence-corrected chi connectivity index (χ1v) is 10.7. The van der Waals surface area contributed by atoms with Gasteiger partial charge in [-0.05, 0) is 36.6 Å². The lowest BCUT2D eigenvalue weighted by molar-refractivity contribution is -0.143. The maximum Gasteiger partial charge on any atom is 0.315 e. The molecule has 2 amide bonds. The van der Waals surface area contributed by atoms with E-state index in [0.717, 1.165) is 22.5 Å². The highest BCUT2D eigenvalue weighted by atomic mass is 16.3. The van der Waals surface area contributed by atoms with Gasteiger partial charge in [0.25, 0.3) is 0 Å². The summed E-state index contributed by atoms with van der Waals surface area (Å²) in [5.41, 5.74) is 4.11. The smallest absolute Gasteiger partial charge is 0.315 e. The van der Waals surface area contributed by atoms with Crippen molar-refractivity contribution in [2.24, 2.45) is 0 Å². The van der Waals surface area contributed by atoms with E-state index >= 15 is 0 Å². The fourth-order valence-electron chi connectivity index (χ4n) is 3.87. The molecule has 7 heteroatoms. The minimum absolute atomic E-state index is 0.146. The van der Waals surface area contributed by atoms with Gasteiger partial charge >= 0.3 is 11.8 Å². The monoisotopic (exact) mass is 432 g/mol. The Kier molecular flexibility index (Phi) is 5.50. The number of nitrogens with one attached hydrogen (secondary N) is 1. The Morgan fingerprint density at radius 2 is 1.84 bits per heavy atom. The number of carbonyl (C=O) groups is 2. The van der Waals surface area contributed by atoms with E-state index < -0.39 is 11.8 Å². The molecule has 166 valence electrons. The molecule has 1 aliphatic rings. The summed E-state index contributed by atoms with van der Waals surface area (Å²) in [4.78, 5) is 27.3. The van der Waals surface area contributed by atoms with Crippen molar-refractivity contribution in [1.29, 1.82) is 0 Å². The molecule has 2 heterocycles. The lowest BCUT2D eigenvalue weighted by atomic mass is 9.92. The summed E-state index contributed by atoms with van der Waals surface area (Å²) in [5, 5.41) is 17.6. The first-order valence-electron chi connectivity index (χ1n) is 10.7. The van der Waals surface area contributed by atoms with Gasteiger partial charge in [-0.15, -0.1) is 0 Å². The third kappa shape index (κ3) is 4.10. The number of rotatable bonds is 2. The van der Waals surface area contributed by atoms with Crippen molar-refractivity contribution >= 4 is 17.6 Å². The van der Waals surface area contributed by atoms with Crippen molar-refractivity contribution in [3.05, 3.63) is 70.9 Å². The summed E-state index contributed by atoms with van der Waals surface area (Å²) in [6.07, 6.45) is 0.595.